The molecule has 0 atom stereocenters. The summed E-state index contributed by atoms with van der Waals surface area (Å²) >= 11 is 3.72. The molecule has 2 heteroatoms. The van der Waals surface area contributed by atoms with Gasteiger partial charge < -0.3 is 0 Å². The summed E-state index contributed by atoms with van der Waals surface area (Å²) in [6, 6.07) is 15.3. The second kappa shape index (κ2) is 5.48. The van der Waals surface area contributed by atoms with Crippen LogP contribution in [0.3, 0.4) is 0 Å². The average molecular weight is 316 g/mol. The van der Waals surface area contributed by atoms with Crippen molar-refractivity contribution < 1.29 is 0 Å². The molecule has 0 bridgehead atoms. The van der Waals surface area contributed by atoms with E-state index in [1.807, 2.05) is 0 Å². The summed E-state index contributed by atoms with van der Waals surface area (Å²) < 4.78 is 1.26. The quantitative estimate of drug-likeness (QED) is 0.798. The van der Waals surface area contributed by atoms with Gasteiger partial charge in [0.25, 0.3) is 0 Å². The van der Waals surface area contributed by atoms with Crippen LogP contribution in [0.1, 0.15) is 22.3 Å². The Kier molecular flexibility index (Phi) is 3.72. The van der Waals surface area contributed by atoms with Crippen molar-refractivity contribution in [2.24, 2.45) is 0 Å². The normalized spacial score (nSPS) is 15.3. The molecule has 0 amide bonds. The molecule has 1 nitrogen and oxygen atoms in total. The molecule has 0 saturated carbocycles. The van der Waals surface area contributed by atoms with E-state index in [4.69, 9.17) is 0 Å². The van der Waals surface area contributed by atoms with E-state index in [1.54, 1.807) is 0 Å². The molecule has 0 radical (unpaired) electrons. The van der Waals surface area contributed by atoms with Crippen molar-refractivity contribution in [2.75, 3.05) is 6.54 Å². The molecule has 98 valence electrons. The summed E-state index contributed by atoms with van der Waals surface area (Å²) in [5.41, 5.74) is 5.72. The molecule has 0 fully saturated rings. The second-order valence-electron chi connectivity index (χ2n) is 5.33. The van der Waals surface area contributed by atoms with Crippen LogP contribution in [0.15, 0.2) is 46.9 Å². The van der Waals surface area contributed by atoms with Crippen LogP contribution >= 0.6 is 15.9 Å². The first-order valence-corrected chi connectivity index (χ1v) is 7.56. The number of hydrogen-bond donors (Lipinski definition) is 0. The lowest BCUT2D eigenvalue weighted by Crippen LogP contribution is -2.30. The van der Waals surface area contributed by atoms with E-state index >= 15 is 0 Å². The number of halogens is 1. The van der Waals surface area contributed by atoms with Crippen molar-refractivity contribution in [3.63, 3.8) is 0 Å². The molecule has 1 heterocycles. The monoisotopic (exact) mass is 315 g/mol. The van der Waals surface area contributed by atoms with Gasteiger partial charge in [-0.2, -0.15) is 0 Å². The molecular weight excluding hydrogens is 298 g/mol. The second-order valence-corrected chi connectivity index (χ2v) is 6.19. The fourth-order valence-corrected chi connectivity index (χ4v) is 3.54. The van der Waals surface area contributed by atoms with Crippen LogP contribution in [0, 0.1) is 6.92 Å². The van der Waals surface area contributed by atoms with E-state index in [9.17, 15) is 0 Å². The molecule has 1 aliphatic heterocycles. The van der Waals surface area contributed by atoms with Gasteiger partial charge in [0.2, 0.25) is 0 Å². The van der Waals surface area contributed by atoms with Gasteiger partial charge >= 0.3 is 0 Å². The van der Waals surface area contributed by atoms with E-state index in [0.717, 1.165) is 26.1 Å². The molecule has 0 unspecified atom stereocenters. The van der Waals surface area contributed by atoms with Gasteiger partial charge in [0, 0.05) is 24.1 Å². The SMILES string of the molecule is Cc1cc(Br)c2c(c1)CCN(Cc1ccccc1)C2. The minimum atomic E-state index is 1.04. The maximum atomic E-state index is 3.72. The van der Waals surface area contributed by atoms with Crippen molar-refractivity contribution in [1.82, 2.24) is 4.90 Å². The molecule has 1 aliphatic rings. The van der Waals surface area contributed by atoms with Crippen molar-refractivity contribution >= 4 is 15.9 Å². The van der Waals surface area contributed by atoms with E-state index in [1.165, 1.54) is 26.7 Å². The lowest BCUT2D eigenvalue weighted by molar-refractivity contribution is 0.245. The topological polar surface area (TPSA) is 3.24 Å². The minimum absolute atomic E-state index is 1.04. The van der Waals surface area contributed by atoms with Gasteiger partial charge in [-0.05, 0) is 41.7 Å². The zero-order chi connectivity index (χ0) is 13.2. The molecule has 0 saturated heterocycles. The predicted molar refractivity (Wildman–Crippen MR) is 83.1 cm³/mol. The highest BCUT2D eigenvalue weighted by Gasteiger charge is 2.18. The summed E-state index contributed by atoms with van der Waals surface area (Å²) in [4.78, 5) is 2.53. The lowest BCUT2D eigenvalue weighted by Gasteiger charge is -2.30. The molecule has 0 aromatic heterocycles. The molecule has 19 heavy (non-hydrogen) atoms. The molecule has 2 aromatic rings. The molecular formula is C17H18BrN. The van der Waals surface area contributed by atoms with Crippen LogP contribution in [-0.4, -0.2) is 11.4 Å². The highest BCUT2D eigenvalue weighted by Crippen LogP contribution is 2.28. The van der Waals surface area contributed by atoms with Gasteiger partial charge in [-0.3, -0.25) is 4.90 Å². The van der Waals surface area contributed by atoms with E-state index in [-0.39, 0.29) is 0 Å². The van der Waals surface area contributed by atoms with Crippen LogP contribution in [-0.2, 0) is 19.5 Å². The third-order valence-electron chi connectivity index (χ3n) is 3.76. The van der Waals surface area contributed by atoms with Gasteiger partial charge in [-0.25, -0.2) is 0 Å². The summed E-state index contributed by atoms with van der Waals surface area (Å²) in [7, 11) is 0. The van der Waals surface area contributed by atoms with Crippen molar-refractivity contribution in [3.05, 3.63) is 69.2 Å². The first-order chi connectivity index (χ1) is 9.22. The third kappa shape index (κ3) is 2.90. The van der Waals surface area contributed by atoms with Crippen LogP contribution in [0.4, 0.5) is 0 Å². The fourth-order valence-electron chi connectivity index (χ4n) is 2.80. The molecule has 0 spiro atoms. The van der Waals surface area contributed by atoms with Gasteiger partial charge in [-0.15, -0.1) is 0 Å². The number of fused-ring (bicyclic) bond motifs is 1. The summed E-state index contributed by atoms with van der Waals surface area (Å²) in [6.07, 6.45) is 1.16. The number of rotatable bonds is 2. The number of aryl methyl sites for hydroxylation is 1. The number of hydrogen-bond acceptors (Lipinski definition) is 1. The maximum Gasteiger partial charge on any atom is 0.0251 e. The smallest absolute Gasteiger partial charge is 0.0251 e. The largest absolute Gasteiger partial charge is 0.294 e. The Balaban J connectivity index is 1.79. The Morgan fingerprint density at radius 1 is 1.16 bits per heavy atom. The van der Waals surface area contributed by atoms with Gasteiger partial charge in [0.05, 0.1) is 0 Å². The molecule has 0 N–H and O–H groups in total. The van der Waals surface area contributed by atoms with E-state index in [2.05, 4.69) is 70.2 Å². The molecule has 0 aliphatic carbocycles. The van der Waals surface area contributed by atoms with Crippen molar-refractivity contribution in [2.45, 2.75) is 26.4 Å². The van der Waals surface area contributed by atoms with E-state index < -0.39 is 0 Å². The summed E-state index contributed by atoms with van der Waals surface area (Å²) in [5, 5.41) is 0. The Hall–Kier alpha value is -1.12. The average Bonchev–Trinajstić information content (AvgIpc) is 2.40. The fraction of sp³-hybridized carbons (Fsp3) is 0.294. The van der Waals surface area contributed by atoms with Crippen LogP contribution < -0.4 is 0 Å². The Morgan fingerprint density at radius 3 is 2.74 bits per heavy atom. The first kappa shape index (κ1) is 12.9. The summed E-state index contributed by atoms with van der Waals surface area (Å²) in [6.45, 7) is 5.41. The maximum absolute atomic E-state index is 3.72. The zero-order valence-electron chi connectivity index (χ0n) is 11.2. The highest BCUT2D eigenvalue weighted by molar-refractivity contribution is 9.10. The zero-order valence-corrected chi connectivity index (χ0v) is 12.8. The number of nitrogens with zero attached hydrogens (tertiary/aromatic N) is 1. The van der Waals surface area contributed by atoms with Crippen molar-refractivity contribution in [1.29, 1.82) is 0 Å². The Labute approximate surface area is 123 Å². The van der Waals surface area contributed by atoms with Gasteiger partial charge in [0.1, 0.15) is 0 Å². The minimum Gasteiger partial charge on any atom is -0.294 e. The molecule has 2 aromatic carbocycles. The van der Waals surface area contributed by atoms with E-state index in [0.29, 0.717) is 0 Å². The Morgan fingerprint density at radius 2 is 1.95 bits per heavy atom. The first-order valence-electron chi connectivity index (χ1n) is 6.76. The molecule has 3 rings (SSSR count). The lowest BCUT2D eigenvalue weighted by atomic mass is 9.97. The third-order valence-corrected chi connectivity index (χ3v) is 4.47. The van der Waals surface area contributed by atoms with Crippen molar-refractivity contribution in [3.8, 4) is 0 Å². The predicted octanol–water partition coefficient (Wildman–Crippen LogP) is 4.32. The van der Waals surface area contributed by atoms with Crippen LogP contribution in [0.5, 0.6) is 0 Å². The Bertz CT molecular complexity index is 577. The standard InChI is InChI=1S/C17H18BrN/c1-13-9-15-7-8-19(12-16(15)17(18)10-13)11-14-5-3-2-4-6-14/h2-6,9-10H,7-8,11-12H2,1H3. The van der Waals surface area contributed by atoms with Gasteiger partial charge in [0.15, 0.2) is 0 Å². The summed E-state index contributed by atoms with van der Waals surface area (Å²) in [5.74, 6) is 0. The van der Waals surface area contributed by atoms with Gasteiger partial charge in [-0.1, -0.05) is 52.3 Å². The highest BCUT2D eigenvalue weighted by atomic mass is 79.9. The van der Waals surface area contributed by atoms with Crippen LogP contribution in [0.2, 0.25) is 0 Å². The number of benzene rings is 2. The van der Waals surface area contributed by atoms with Crippen LogP contribution in [0.25, 0.3) is 0 Å².